The predicted molar refractivity (Wildman–Crippen MR) is 94.4 cm³/mol. The van der Waals surface area contributed by atoms with Gasteiger partial charge < -0.3 is 9.47 Å². The fraction of sp³-hybridized carbons (Fsp3) is 0.105. The molecule has 0 N–H and O–H groups in total. The highest BCUT2D eigenvalue weighted by molar-refractivity contribution is 6.32. The number of ether oxygens (including phenoxy) is 2. The molecule has 0 bridgehead atoms. The number of benzene rings is 2. The van der Waals surface area contributed by atoms with Crippen molar-refractivity contribution in [1.82, 2.24) is 4.57 Å². The van der Waals surface area contributed by atoms with Crippen molar-refractivity contribution in [3.05, 3.63) is 88.1 Å². The van der Waals surface area contributed by atoms with Crippen LogP contribution >= 0.6 is 11.6 Å². The molecule has 2 aromatic carbocycles. The first-order chi connectivity index (χ1) is 12.1. The van der Waals surface area contributed by atoms with E-state index in [-0.39, 0.29) is 18.0 Å². The zero-order chi connectivity index (χ0) is 17.6. The molecule has 0 aliphatic heterocycles. The maximum Gasteiger partial charge on any atom is 0.258 e. The first-order valence-corrected chi connectivity index (χ1v) is 8.00. The van der Waals surface area contributed by atoms with Crippen molar-refractivity contribution in [2.24, 2.45) is 0 Å². The Morgan fingerprint density at radius 1 is 0.960 bits per heavy atom. The molecule has 25 heavy (non-hydrogen) atoms. The molecule has 0 atom stereocenters. The molecule has 0 radical (unpaired) electrons. The lowest BCUT2D eigenvalue weighted by atomic mass is 10.3. The van der Waals surface area contributed by atoms with Gasteiger partial charge in [0.25, 0.3) is 5.56 Å². The Balaban J connectivity index is 1.59. The molecule has 3 aromatic rings. The lowest BCUT2D eigenvalue weighted by Gasteiger charge is -2.10. The van der Waals surface area contributed by atoms with Crippen molar-refractivity contribution in [2.75, 3.05) is 13.2 Å². The average molecular weight is 360 g/mol. The molecule has 6 heteroatoms. The SMILES string of the molecule is O=c1cc(OCCOc2ccccc2Cl)ccn1-c1ccc(F)cc1. The lowest BCUT2D eigenvalue weighted by Crippen LogP contribution is -2.17. The van der Waals surface area contributed by atoms with Gasteiger partial charge in [-0.25, -0.2) is 4.39 Å². The Hall–Kier alpha value is -2.79. The van der Waals surface area contributed by atoms with Gasteiger partial charge in [-0.05, 0) is 42.5 Å². The van der Waals surface area contributed by atoms with Crippen LogP contribution in [-0.4, -0.2) is 17.8 Å². The summed E-state index contributed by atoms with van der Waals surface area (Å²) in [6.45, 7) is 0.565. The minimum atomic E-state index is -0.352. The van der Waals surface area contributed by atoms with Gasteiger partial charge in [0, 0.05) is 18.0 Å². The Kier molecular flexibility index (Phi) is 5.36. The van der Waals surface area contributed by atoms with Crippen molar-refractivity contribution < 1.29 is 13.9 Å². The fourth-order valence-corrected chi connectivity index (χ4v) is 2.43. The smallest absolute Gasteiger partial charge is 0.258 e. The molecule has 1 heterocycles. The van der Waals surface area contributed by atoms with Crippen molar-refractivity contribution in [3.63, 3.8) is 0 Å². The molecule has 0 aliphatic carbocycles. The van der Waals surface area contributed by atoms with E-state index < -0.39 is 0 Å². The van der Waals surface area contributed by atoms with Crippen LogP contribution in [0.4, 0.5) is 4.39 Å². The first-order valence-electron chi connectivity index (χ1n) is 7.62. The van der Waals surface area contributed by atoms with Crippen LogP contribution in [0.15, 0.2) is 71.7 Å². The highest BCUT2D eigenvalue weighted by Crippen LogP contribution is 2.22. The second kappa shape index (κ2) is 7.85. The Morgan fingerprint density at radius 2 is 1.68 bits per heavy atom. The minimum absolute atomic E-state index is 0.267. The monoisotopic (exact) mass is 359 g/mol. The van der Waals surface area contributed by atoms with E-state index in [0.29, 0.717) is 28.8 Å². The third-order valence-corrected chi connectivity index (χ3v) is 3.75. The summed E-state index contributed by atoms with van der Waals surface area (Å²) in [5, 5.41) is 0.532. The normalized spacial score (nSPS) is 10.5. The maximum atomic E-state index is 13.0. The summed E-state index contributed by atoms with van der Waals surface area (Å²) >= 11 is 5.99. The summed E-state index contributed by atoms with van der Waals surface area (Å²) in [5.41, 5.74) is 0.316. The standard InChI is InChI=1S/C19H15ClFNO3/c20-17-3-1-2-4-18(17)25-12-11-24-16-9-10-22(19(23)13-16)15-7-5-14(21)6-8-15/h1-10,13H,11-12H2. The molecule has 0 saturated carbocycles. The van der Waals surface area contributed by atoms with Crippen LogP contribution in [0.5, 0.6) is 11.5 Å². The molecule has 4 nitrogen and oxygen atoms in total. The Labute approximate surface area is 149 Å². The third kappa shape index (κ3) is 4.39. The van der Waals surface area contributed by atoms with E-state index in [1.165, 1.54) is 34.9 Å². The van der Waals surface area contributed by atoms with Gasteiger partial charge in [0.1, 0.15) is 30.5 Å². The van der Waals surface area contributed by atoms with Gasteiger partial charge in [0.2, 0.25) is 0 Å². The van der Waals surface area contributed by atoms with E-state index in [9.17, 15) is 9.18 Å². The quantitative estimate of drug-likeness (QED) is 0.622. The van der Waals surface area contributed by atoms with E-state index in [0.717, 1.165) is 0 Å². The van der Waals surface area contributed by atoms with Gasteiger partial charge in [0.05, 0.1) is 5.02 Å². The van der Waals surface area contributed by atoms with Gasteiger partial charge in [-0.15, -0.1) is 0 Å². The van der Waals surface area contributed by atoms with Crippen LogP contribution < -0.4 is 15.0 Å². The van der Waals surface area contributed by atoms with Crippen LogP contribution in [0.2, 0.25) is 5.02 Å². The summed E-state index contributed by atoms with van der Waals surface area (Å²) in [4.78, 5) is 12.2. The Morgan fingerprint density at radius 3 is 2.40 bits per heavy atom. The zero-order valence-electron chi connectivity index (χ0n) is 13.2. The van der Waals surface area contributed by atoms with Crippen molar-refractivity contribution in [2.45, 2.75) is 0 Å². The average Bonchev–Trinajstić information content (AvgIpc) is 2.61. The highest BCUT2D eigenvalue weighted by Gasteiger charge is 2.03. The van der Waals surface area contributed by atoms with E-state index in [1.54, 1.807) is 24.4 Å². The summed E-state index contributed by atoms with van der Waals surface area (Å²) in [6.07, 6.45) is 1.58. The largest absolute Gasteiger partial charge is 0.490 e. The molecule has 128 valence electrons. The van der Waals surface area contributed by atoms with Gasteiger partial charge in [-0.1, -0.05) is 23.7 Å². The molecular formula is C19H15ClFNO3. The van der Waals surface area contributed by atoms with Crippen molar-refractivity contribution in [1.29, 1.82) is 0 Å². The Bertz CT molecular complexity index is 909. The predicted octanol–water partition coefficient (Wildman–Crippen LogP) is 4.09. The van der Waals surface area contributed by atoms with Crippen LogP contribution in [-0.2, 0) is 0 Å². The number of para-hydroxylation sites is 1. The number of hydrogen-bond donors (Lipinski definition) is 0. The number of hydrogen-bond acceptors (Lipinski definition) is 3. The molecule has 0 aliphatic rings. The van der Waals surface area contributed by atoms with Crippen LogP contribution in [0, 0.1) is 5.82 Å². The number of rotatable bonds is 6. The molecule has 0 amide bonds. The minimum Gasteiger partial charge on any atom is -0.490 e. The highest BCUT2D eigenvalue weighted by atomic mass is 35.5. The molecule has 0 unspecified atom stereocenters. The maximum absolute atomic E-state index is 13.0. The van der Waals surface area contributed by atoms with E-state index >= 15 is 0 Å². The number of pyridine rings is 1. The van der Waals surface area contributed by atoms with E-state index in [1.807, 2.05) is 12.1 Å². The number of aromatic nitrogens is 1. The summed E-state index contributed by atoms with van der Waals surface area (Å²) in [5.74, 6) is 0.667. The lowest BCUT2D eigenvalue weighted by molar-refractivity contribution is 0.217. The first kappa shape index (κ1) is 17.0. The van der Waals surface area contributed by atoms with Gasteiger partial charge in [-0.3, -0.25) is 9.36 Å². The molecule has 3 rings (SSSR count). The summed E-state index contributed by atoms with van der Waals surface area (Å²) in [7, 11) is 0. The van der Waals surface area contributed by atoms with Gasteiger partial charge in [0.15, 0.2) is 0 Å². The third-order valence-electron chi connectivity index (χ3n) is 3.44. The summed E-state index contributed by atoms with van der Waals surface area (Å²) in [6, 6.07) is 15.9. The van der Waals surface area contributed by atoms with Crippen molar-refractivity contribution >= 4 is 11.6 Å². The molecule has 1 aromatic heterocycles. The van der Waals surface area contributed by atoms with Crippen LogP contribution in [0.3, 0.4) is 0 Å². The second-order valence-electron chi connectivity index (χ2n) is 5.17. The molecule has 0 spiro atoms. The second-order valence-corrected chi connectivity index (χ2v) is 5.58. The summed E-state index contributed by atoms with van der Waals surface area (Å²) < 4.78 is 25.4. The van der Waals surface area contributed by atoms with Crippen molar-refractivity contribution in [3.8, 4) is 17.2 Å². The van der Waals surface area contributed by atoms with E-state index in [4.69, 9.17) is 21.1 Å². The zero-order valence-corrected chi connectivity index (χ0v) is 13.9. The molecule has 0 saturated heterocycles. The van der Waals surface area contributed by atoms with Crippen LogP contribution in [0.25, 0.3) is 5.69 Å². The number of nitrogens with zero attached hydrogens (tertiary/aromatic N) is 1. The van der Waals surface area contributed by atoms with Gasteiger partial charge >= 0.3 is 0 Å². The molecule has 0 fully saturated rings. The topological polar surface area (TPSA) is 40.5 Å². The fourth-order valence-electron chi connectivity index (χ4n) is 2.24. The van der Waals surface area contributed by atoms with Gasteiger partial charge in [-0.2, -0.15) is 0 Å². The van der Waals surface area contributed by atoms with Crippen LogP contribution in [0.1, 0.15) is 0 Å². The molecular weight excluding hydrogens is 345 g/mol. The van der Waals surface area contributed by atoms with E-state index in [2.05, 4.69) is 0 Å². The number of halogens is 2.